The highest BCUT2D eigenvalue weighted by molar-refractivity contribution is 5.85. The van der Waals surface area contributed by atoms with Gasteiger partial charge >= 0.3 is 0 Å². The zero-order valence-corrected chi connectivity index (χ0v) is 14.2. The van der Waals surface area contributed by atoms with Gasteiger partial charge in [0.15, 0.2) is 0 Å². The summed E-state index contributed by atoms with van der Waals surface area (Å²) in [6.07, 6.45) is 1.27. The second-order valence-electron chi connectivity index (χ2n) is 7.56. The van der Waals surface area contributed by atoms with Crippen LogP contribution in [0.25, 0.3) is 0 Å². The number of carbonyl (C=O) groups excluding carboxylic acids is 1. The van der Waals surface area contributed by atoms with Crippen LogP contribution in [0, 0.1) is 10.8 Å². The molecule has 0 aromatic rings. The van der Waals surface area contributed by atoms with E-state index in [4.69, 9.17) is 0 Å². The molecule has 20 heavy (non-hydrogen) atoms. The predicted molar refractivity (Wildman–Crippen MR) is 85.3 cm³/mol. The number of amides is 1. The van der Waals surface area contributed by atoms with Gasteiger partial charge in [-0.1, -0.05) is 27.7 Å². The molecule has 0 bridgehead atoms. The Hall–Kier alpha value is -0.320. The Morgan fingerprint density at radius 2 is 1.80 bits per heavy atom. The lowest BCUT2D eigenvalue weighted by molar-refractivity contribution is -0.141. The lowest BCUT2D eigenvalue weighted by Gasteiger charge is -2.40. The average molecular weight is 304 g/mol. The summed E-state index contributed by atoms with van der Waals surface area (Å²) in [5, 5.41) is 3.46. The summed E-state index contributed by atoms with van der Waals surface area (Å²) in [6, 6.07) is 0. The molecule has 2 aliphatic rings. The van der Waals surface area contributed by atoms with Crippen molar-refractivity contribution in [2.24, 2.45) is 10.8 Å². The summed E-state index contributed by atoms with van der Waals surface area (Å²) in [4.78, 5) is 16.8. The molecular formula is C15H30ClN3O. The van der Waals surface area contributed by atoms with Crippen molar-refractivity contribution in [1.82, 2.24) is 15.1 Å². The molecule has 2 rings (SSSR count). The van der Waals surface area contributed by atoms with Crippen molar-refractivity contribution in [3.05, 3.63) is 0 Å². The maximum atomic E-state index is 12.2. The third kappa shape index (κ3) is 4.34. The molecule has 2 aliphatic heterocycles. The first kappa shape index (κ1) is 17.7. The van der Waals surface area contributed by atoms with Crippen molar-refractivity contribution in [1.29, 1.82) is 0 Å². The molecule has 1 unspecified atom stereocenters. The minimum Gasteiger partial charge on any atom is -0.340 e. The number of rotatable bonds is 2. The third-order valence-corrected chi connectivity index (χ3v) is 4.36. The SMILES string of the molecule is CC1(CN2CCN(C(=O)C(C)(C)C)CC2)CCNC1.Cl. The van der Waals surface area contributed by atoms with Crippen LogP contribution < -0.4 is 5.32 Å². The van der Waals surface area contributed by atoms with Crippen molar-refractivity contribution in [3.63, 3.8) is 0 Å². The largest absolute Gasteiger partial charge is 0.340 e. The number of nitrogens with one attached hydrogen (secondary N) is 1. The molecule has 0 spiro atoms. The first-order valence-electron chi connectivity index (χ1n) is 7.53. The highest BCUT2D eigenvalue weighted by Crippen LogP contribution is 2.26. The fourth-order valence-electron chi connectivity index (χ4n) is 3.13. The number of hydrogen-bond acceptors (Lipinski definition) is 3. The van der Waals surface area contributed by atoms with E-state index in [1.165, 1.54) is 6.42 Å². The molecule has 2 heterocycles. The van der Waals surface area contributed by atoms with Crippen molar-refractivity contribution >= 4 is 18.3 Å². The van der Waals surface area contributed by atoms with Gasteiger partial charge in [0.25, 0.3) is 0 Å². The summed E-state index contributed by atoms with van der Waals surface area (Å²) in [7, 11) is 0. The average Bonchev–Trinajstić information content (AvgIpc) is 2.75. The summed E-state index contributed by atoms with van der Waals surface area (Å²) >= 11 is 0. The Morgan fingerprint density at radius 3 is 2.25 bits per heavy atom. The van der Waals surface area contributed by atoms with Crippen LogP contribution in [-0.4, -0.2) is 61.5 Å². The number of piperazine rings is 1. The van der Waals surface area contributed by atoms with Gasteiger partial charge in [0, 0.05) is 44.7 Å². The molecule has 118 valence electrons. The topological polar surface area (TPSA) is 35.6 Å². The molecule has 1 N–H and O–H groups in total. The first-order valence-corrected chi connectivity index (χ1v) is 7.53. The van der Waals surface area contributed by atoms with E-state index in [1.807, 2.05) is 25.7 Å². The van der Waals surface area contributed by atoms with Gasteiger partial charge < -0.3 is 10.2 Å². The number of halogens is 1. The van der Waals surface area contributed by atoms with Gasteiger partial charge in [0.05, 0.1) is 0 Å². The van der Waals surface area contributed by atoms with Crippen LogP contribution in [0.1, 0.15) is 34.1 Å². The zero-order valence-electron chi connectivity index (χ0n) is 13.4. The smallest absolute Gasteiger partial charge is 0.228 e. The van der Waals surface area contributed by atoms with Crippen LogP contribution in [0.2, 0.25) is 0 Å². The second-order valence-corrected chi connectivity index (χ2v) is 7.56. The highest BCUT2D eigenvalue weighted by Gasteiger charge is 2.34. The molecule has 2 saturated heterocycles. The van der Waals surface area contributed by atoms with E-state index in [2.05, 4.69) is 17.1 Å². The molecule has 0 aromatic carbocycles. The van der Waals surface area contributed by atoms with Crippen LogP contribution in [0.3, 0.4) is 0 Å². The van der Waals surface area contributed by atoms with Crippen LogP contribution in [-0.2, 0) is 4.79 Å². The van der Waals surface area contributed by atoms with Gasteiger partial charge in [0.1, 0.15) is 0 Å². The van der Waals surface area contributed by atoms with Crippen molar-refractivity contribution < 1.29 is 4.79 Å². The summed E-state index contributed by atoms with van der Waals surface area (Å²) in [5.74, 6) is 0.292. The molecule has 0 radical (unpaired) electrons. The Kier molecular flexibility index (Phi) is 5.88. The molecule has 2 fully saturated rings. The van der Waals surface area contributed by atoms with Gasteiger partial charge in [-0.25, -0.2) is 0 Å². The molecule has 0 aliphatic carbocycles. The fraction of sp³-hybridized carbons (Fsp3) is 0.933. The number of hydrogen-bond donors (Lipinski definition) is 1. The van der Waals surface area contributed by atoms with E-state index in [9.17, 15) is 4.79 Å². The van der Waals surface area contributed by atoms with E-state index < -0.39 is 0 Å². The minimum absolute atomic E-state index is 0. The monoisotopic (exact) mass is 303 g/mol. The normalized spacial score (nSPS) is 28.3. The van der Waals surface area contributed by atoms with Crippen LogP contribution >= 0.6 is 12.4 Å². The first-order chi connectivity index (χ1) is 8.80. The van der Waals surface area contributed by atoms with Gasteiger partial charge in [-0.3, -0.25) is 9.69 Å². The maximum Gasteiger partial charge on any atom is 0.228 e. The van der Waals surface area contributed by atoms with Gasteiger partial charge in [-0.15, -0.1) is 12.4 Å². The van der Waals surface area contributed by atoms with Crippen LogP contribution in [0.5, 0.6) is 0 Å². The third-order valence-electron chi connectivity index (χ3n) is 4.36. The summed E-state index contributed by atoms with van der Waals surface area (Å²) in [5.41, 5.74) is 0.180. The molecule has 0 aromatic heterocycles. The van der Waals surface area contributed by atoms with Gasteiger partial charge in [-0.2, -0.15) is 0 Å². The van der Waals surface area contributed by atoms with Crippen molar-refractivity contribution in [2.45, 2.75) is 34.1 Å². The van der Waals surface area contributed by atoms with E-state index in [0.717, 1.165) is 45.8 Å². The molecule has 4 nitrogen and oxygen atoms in total. The minimum atomic E-state index is -0.247. The number of nitrogens with zero attached hydrogens (tertiary/aromatic N) is 2. The summed E-state index contributed by atoms with van der Waals surface area (Å²) < 4.78 is 0. The quantitative estimate of drug-likeness (QED) is 0.842. The zero-order chi connectivity index (χ0) is 14.1. The second kappa shape index (κ2) is 6.63. The molecule has 0 saturated carbocycles. The molecule has 5 heteroatoms. The summed E-state index contributed by atoms with van der Waals surface area (Å²) in [6.45, 7) is 15.7. The fourth-order valence-corrected chi connectivity index (χ4v) is 3.13. The van der Waals surface area contributed by atoms with E-state index in [-0.39, 0.29) is 17.8 Å². The molecule has 1 amide bonds. The highest BCUT2D eigenvalue weighted by atomic mass is 35.5. The Balaban J connectivity index is 0.00000200. The standard InChI is InChI=1S/C15H29N3O.ClH/c1-14(2,3)13(19)18-9-7-17(8-10-18)12-15(4)5-6-16-11-15;/h16H,5-12H2,1-4H3;1H. The Labute approximate surface area is 129 Å². The molecule has 1 atom stereocenters. The van der Waals surface area contributed by atoms with Crippen molar-refractivity contribution in [2.75, 3.05) is 45.8 Å². The van der Waals surface area contributed by atoms with E-state index in [1.54, 1.807) is 0 Å². The molecular weight excluding hydrogens is 274 g/mol. The predicted octanol–water partition coefficient (Wildman–Crippen LogP) is 1.60. The number of carbonyl (C=O) groups is 1. The maximum absolute atomic E-state index is 12.2. The van der Waals surface area contributed by atoms with E-state index in [0.29, 0.717) is 11.3 Å². The van der Waals surface area contributed by atoms with Crippen LogP contribution in [0.15, 0.2) is 0 Å². The van der Waals surface area contributed by atoms with Gasteiger partial charge in [0.2, 0.25) is 5.91 Å². The lowest BCUT2D eigenvalue weighted by Crippen LogP contribution is -2.53. The Bertz CT molecular complexity index is 327. The van der Waals surface area contributed by atoms with Crippen molar-refractivity contribution in [3.8, 4) is 0 Å². The van der Waals surface area contributed by atoms with Gasteiger partial charge in [-0.05, 0) is 18.4 Å². The van der Waals surface area contributed by atoms with E-state index >= 15 is 0 Å². The van der Waals surface area contributed by atoms with Crippen LogP contribution in [0.4, 0.5) is 0 Å². The lowest BCUT2D eigenvalue weighted by atomic mass is 9.89. The Morgan fingerprint density at radius 1 is 1.20 bits per heavy atom.